The van der Waals surface area contributed by atoms with Gasteiger partial charge in [-0.2, -0.15) is 13.2 Å². The first-order valence-corrected chi connectivity index (χ1v) is 11.0. The van der Waals surface area contributed by atoms with Crippen LogP contribution in [0.4, 0.5) is 23.2 Å². The summed E-state index contributed by atoms with van der Waals surface area (Å²) in [7, 11) is 0. The van der Waals surface area contributed by atoms with Gasteiger partial charge in [-0.05, 0) is 38.1 Å². The Bertz CT molecular complexity index is 1050. The number of carbonyl (C=O) groups is 3. The molecule has 2 aromatic carbocycles. The average molecular weight is 499 g/mol. The smallest absolute Gasteiger partial charge is 0.416 e. The lowest BCUT2D eigenvalue weighted by molar-refractivity contribution is -0.146. The molecule has 0 saturated carbocycles. The molecule has 0 radical (unpaired) electrons. The summed E-state index contributed by atoms with van der Waals surface area (Å²) in [6.07, 6.45) is -4.55. The van der Waals surface area contributed by atoms with E-state index in [4.69, 9.17) is 9.47 Å². The molecule has 0 heterocycles. The lowest BCUT2D eigenvalue weighted by Gasteiger charge is -2.16. The monoisotopic (exact) mass is 499 g/mol. The van der Waals surface area contributed by atoms with Gasteiger partial charge in [0.15, 0.2) is 11.4 Å². The molecule has 182 valence electrons. The Kier molecular flexibility index (Phi) is 9.67. The summed E-state index contributed by atoms with van der Waals surface area (Å²) in [6.45, 7) is 2.91. The maximum atomic E-state index is 14.2. The van der Waals surface area contributed by atoms with E-state index in [2.05, 4.69) is 5.32 Å². The van der Waals surface area contributed by atoms with Gasteiger partial charge in [0.25, 0.3) is 0 Å². The third-order valence-electron chi connectivity index (χ3n) is 4.19. The van der Waals surface area contributed by atoms with Gasteiger partial charge >= 0.3 is 18.1 Å². The first kappa shape index (κ1) is 26.9. The minimum Gasteiger partial charge on any atom is -0.462 e. The summed E-state index contributed by atoms with van der Waals surface area (Å²) in [4.78, 5) is 37.6. The van der Waals surface area contributed by atoms with Gasteiger partial charge in [0, 0.05) is 5.56 Å². The number of ether oxygens (including phenoxy) is 2. The van der Waals surface area contributed by atoms with Crippen LogP contribution in [0.25, 0.3) is 0 Å². The Labute approximate surface area is 197 Å². The second-order valence-corrected chi connectivity index (χ2v) is 7.52. The van der Waals surface area contributed by atoms with Crippen LogP contribution in [0.1, 0.15) is 29.8 Å². The molecule has 0 fully saturated rings. The molecule has 0 atom stereocenters. The van der Waals surface area contributed by atoms with E-state index in [0.717, 1.165) is 30.3 Å². The van der Waals surface area contributed by atoms with Crippen molar-refractivity contribution in [3.05, 3.63) is 76.1 Å². The van der Waals surface area contributed by atoms with Crippen LogP contribution in [0, 0.1) is 5.82 Å². The number of carbonyl (C=O) groups excluding carboxylic acids is 3. The largest absolute Gasteiger partial charge is 0.462 e. The molecule has 2 aromatic rings. The molecule has 1 N–H and O–H groups in total. The Morgan fingerprint density at radius 1 is 0.912 bits per heavy atom. The topological polar surface area (TPSA) is 81.7 Å². The van der Waals surface area contributed by atoms with Crippen molar-refractivity contribution in [1.82, 2.24) is 0 Å². The Hall–Kier alpha value is -3.34. The van der Waals surface area contributed by atoms with E-state index in [0.29, 0.717) is 11.8 Å². The van der Waals surface area contributed by atoms with Crippen LogP contribution in [-0.4, -0.2) is 36.7 Å². The second kappa shape index (κ2) is 12.2. The van der Waals surface area contributed by atoms with Gasteiger partial charge in [-0.3, -0.25) is 4.79 Å². The summed E-state index contributed by atoms with van der Waals surface area (Å²) >= 11 is 0.683. The molecule has 0 aliphatic rings. The number of esters is 2. The normalized spacial score (nSPS) is 10.9. The van der Waals surface area contributed by atoms with E-state index in [1.807, 2.05) is 0 Å². The molecule has 2 rings (SSSR count). The number of Topliss-reactive ketones (excluding diaryl/α,β-unsaturated/α-hetero) is 1. The molecule has 0 aromatic heterocycles. The van der Waals surface area contributed by atoms with Gasteiger partial charge in [0.05, 0.1) is 35.2 Å². The molecule has 0 amide bonds. The van der Waals surface area contributed by atoms with E-state index in [9.17, 15) is 31.9 Å². The zero-order valence-electron chi connectivity index (χ0n) is 18.2. The number of anilines is 1. The van der Waals surface area contributed by atoms with Crippen LogP contribution in [0.15, 0.2) is 59.1 Å². The summed E-state index contributed by atoms with van der Waals surface area (Å²) in [5.41, 5.74) is -1.58. The summed E-state index contributed by atoms with van der Waals surface area (Å²) in [5, 5.41) is 2.42. The van der Waals surface area contributed by atoms with Gasteiger partial charge in [0.1, 0.15) is 5.82 Å². The number of ketones is 1. The van der Waals surface area contributed by atoms with Gasteiger partial charge in [-0.25, -0.2) is 14.0 Å². The lowest BCUT2D eigenvalue weighted by atomic mass is 10.1. The number of para-hydroxylation sites is 1. The molecule has 0 spiro atoms. The average Bonchev–Trinajstić information content (AvgIpc) is 2.78. The molecular formula is C23H21F4NO5S. The Morgan fingerprint density at radius 2 is 1.47 bits per heavy atom. The molecule has 0 aliphatic carbocycles. The van der Waals surface area contributed by atoms with Gasteiger partial charge in [-0.1, -0.05) is 36.0 Å². The SMILES string of the molecule is CCOC(=O)C(C(=O)OCC)=C(Nc1ccccc1F)SCC(=O)c1ccc(C(F)(F)F)cc1. The van der Waals surface area contributed by atoms with E-state index in [1.165, 1.54) is 32.0 Å². The number of alkyl halides is 3. The maximum Gasteiger partial charge on any atom is 0.416 e. The quantitative estimate of drug-likeness (QED) is 0.120. The highest BCUT2D eigenvalue weighted by Crippen LogP contribution is 2.30. The molecule has 0 unspecified atom stereocenters. The Balaban J connectivity index is 2.39. The molecule has 11 heteroatoms. The predicted octanol–water partition coefficient (Wildman–Crippen LogP) is 5.21. The number of halogens is 4. The molecule has 0 bridgehead atoms. The minimum absolute atomic E-state index is 0.0143. The number of hydrogen-bond acceptors (Lipinski definition) is 7. The summed E-state index contributed by atoms with van der Waals surface area (Å²) < 4.78 is 62.3. The maximum absolute atomic E-state index is 14.2. The van der Waals surface area contributed by atoms with E-state index >= 15 is 0 Å². The number of thioether (sulfide) groups is 1. The number of hydrogen-bond donors (Lipinski definition) is 1. The first-order valence-electron chi connectivity index (χ1n) is 10.0. The third kappa shape index (κ3) is 7.34. The van der Waals surface area contributed by atoms with Crippen LogP contribution in [-0.2, 0) is 25.2 Å². The van der Waals surface area contributed by atoms with Crippen LogP contribution < -0.4 is 5.32 Å². The molecule has 34 heavy (non-hydrogen) atoms. The summed E-state index contributed by atoms with van der Waals surface area (Å²) in [5.74, 6) is -3.76. The first-order chi connectivity index (χ1) is 16.1. The fraction of sp³-hybridized carbons (Fsp3) is 0.261. The van der Waals surface area contributed by atoms with E-state index in [1.54, 1.807) is 0 Å². The van der Waals surface area contributed by atoms with Crippen LogP contribution in [0.3, 0.4) is 0 Å². The van der Waals surface area contributed by atoms with Crippen molar-refractivity contribution < 1.29 is 41.4 Å². The molecular weight excluding hydrogens is 478 g/mol. The van der Waals surface area contributed by atoms with Crippen molar-refractivity contribution >= 4 is 35.2 Å². The highest BCUT2D eigenvalue weighted by Gasteiger charge is 2.31. The molecule has 0 saturated heterocycles. The number of nitrogens with one attached hydrogen (secondary N) is 1. The van der Waals surface area contributed by atoms with Crippen LogP contribution in [0.5, 0.6) is 0 Å². The number of benzene rings is 2. The van der Waals surface area contributed by atoms with Crippen molar-refractivity contribution in [2.45, 2.75) is 20.0 Å². The van der Waals surface area contributed by atoms with E-state index in [-0.39, 0.29) is 35.2 Å². The lowest BCUT2D eigenvalue weighted by Crippen LogP contribution is -2.22. The second-order valence-electron chi connectivity index (χ2n) is 6.54. The van der Waals surface area contributed by atoms with E-state index < -0.39 is 40.9 Å². The number of rotatable bonds is 10. The minimum atomic E-state index is -4.55. The van der Waals surface area contributed by atoms with Crippen molar-refractivity contribution in [2.24, 2.45) is 0 Å². The molecule has 0 aliphatic heterocycles. The van der Waals surface area contributed by atoms with Gasteiger partial charge in [-0.15, -0.1) is 0 Å². The zero-order valence-corrected chi connectivity index (χ0v) is 19.0. The zero-order chi connectivity index (χ0) is 25.3. The summed E-state index contributed by atoms with van der Waals surface area (Å²) in [6, 6.07) is 9.03. The predicted molar refractivity (Wildman–Crippen MR) is 119 cm³/mol. The Morgan fingerprint density at radius 3 is 1.97 bits per heavy atom. The fourth-order valence-electron chi connectivity index (χ4n) is 2.60. The van der Waals surface area contributed by atoms with Crippen LogP contribution >= 0.6 is 11.8 Å². The highest BCUT2D eigenvalue weighted by molar-refractivity contribution is 8.03. The molecule has 6 nitrogen and oxygen atoms in total. The van der Waals surface area contributed by atoms with Gasteiger partial charge in [0.2, 0.25) is 0 Å². The van der Waals surface area contributed by atoms with Crippen molar-refractivity contribution in [2.75, 3.05) is 24.3 Å². The van der Waals surface area contributed by atoms with Crippen molar-refractivity contribution in [3.8, 4) is 0 Å². The fourth-order valence-corrected chi connectivity index (χ4v) is 3.53. The van der Waals surface area contributed by atoms with Crippen molar-refractivity contribution in [1.29, 1.82) is 0 Å². The highest BCUT2D eigenvalue weighted by atomic mass is 32.2. The third-order valence-corrected chi connectivity index (χ3v) is 5.19. The van der Waals surface area contributed by atoms with Crippen LogP contribution in [0.2, 0.25) is 0 Å². The van der Waals surface area contributed by atoms with Gasteiger partial charge < -0.3 is 14.8 Å². The van der Waals surface area contributed by atoms with Crippen molar-refractivity contribution in [3.63, 3.8) is 0 Å². The standard InChI is InChI=1S/C23H21F4NO5S/c1-3-32-21(30)19(22(31)33-4-2)20(28-17-8-6-5-7-16(17)24)34-13-18(29)14-9-11-15(12-10-14)23(25,26)27/h5-12,28H,3-4,13H2,1-2H3.